The van der Waals surface area contributed by atoms with Crippen molar-refractivity contribution in [1.82, 2.24) is 12.3 Å². The Kier molecular flexibility index (Phi) is 24.5. The van der Waals surface area contributed by atoms with Crippen molar-refractivity contribution in [3.8, 4) is 0 Å². The standard InChI is InChI=1S/Co.2Mo.2H3N.8O/h;;;2*1H3;;;;;;;;/q+2;;;;;;;;;4*-1/p+2. The van der Waals surface area contributed by atoms with Crippen LogP contribution in [0.25, 0.3) is 0 Å². The van der Waals surface area contributed by atoms with Gasteiger partial charge < -0.3 is 12.3 Å². The summed E-state index contributed by atoms with van der Waals surface area (Å²) in [6, 6.07) is 0. The first-order valence-corrected chi connectivity index (χ1v) is 7.89. The van der Waals surface area contributed by atoms with Crippen molar-refractivity contribution in [2.24, 2.45) is 0 Å². The number of hydrogen-bond acceptors (Lipinski definition) is 8. The molecule has 13 heteroatoms. The molecule has 0 rings (SSSR count). The van der Waals surface area contributed by atoms with Gasteiger partial charge in [-0.2, -0.15) is 0 Å². The average molecular weight is 415 g/mol. The van der Waals surface area contributed by atoms with E-state index >= 15 is 0 Å². The van der Waals surface area contributed by atoms with Gasteiger partial charge in [0.25, 0.3) is 0 Å². The van der Waals surface area contributed by atoms with Crippen LogP contribution in [0.2, 0.25) is 0 Å². The van der Waals surface area contributed by atoms with Crippen LogP contribution < -0.4 is 27.3 Å². The third-order valence-corrected chi connectivity index (χ3v) is 0. The van der Waals surface area contributed by atoms with E-state index in [2.05, 4.69) is 0 Å². The van der Waals surface area contributed by atoms with Gasteiger partial charge >= 0.3 is 78.9 Å². The monoisotopic (exact) mass is 419 g/mol. The Labute approximate surface area is 90.8 Å². The van der Waals surface area contributed by atoms with E-state index in [0.29, 0.717) is 0 Å². The average Bonchev–Trinajstić information content (AvgIpc) is 1.12. The van der Waals surface area contributed by atoms with Crippen LogP contribution in [-0.2, 0) is 63.9 Å². The van der Waals surface area contributed by atoms with Gasteiger partial charge in [0.2, 0.25) is 0 Å². The maximum absolute atomic E-state index is 8.63. The minimum atomic E-state index is -6.02. The molecule has 0 aliphatic rings. The minimum absolute atomic E-state index is 0. The summed E-state index contributed by atoms with van der Waals surface area (Å²) in [6.07, 6.45) is 0. The fourth-order valence-corrected chi connectivity index (χ4v) is 0. The molecule has 0 fully saturated rings. The van der Waals surface area contributed by atoms with Crippen LogP contribution in [0.1, 0.15) is 0 Å². The molecule has 13 heavy (non-hydrogen) atoms. The van der Waals surface area contributed by atoms with E-state index in [4.69, 9.17) is 28.6 Å². The zero-order valence-corrected chi connectivity index (χ0v) is 11.5. The topological polar surface area (TPSA) is 234 Å². The second-order valence-corrected chi connectivity index (χ2v) is 4.83. The van der Waals surface area contributed by atoms with Crippen LogP contribution in [0.15, 0.2) is 0 Å². The molecule has 0 aliphatic heterocycles. The van der Waals surface area contributed by atoms with Crippen molar-refractivity contribution in [2.75, 3.05) is 0 Å². The van der Waals surface area contributed by atoms with Crippen LogP contribution in [0, 0.1) is 0 Å². The molecule has 87 valence electrons. The van der Waals surface area contributed by atoms with E-state index in [1.807, 2.05) is 0 Å². The maximum atomic E-state index is 8.63. The Morgan fingerprint density at radius 2 is 0.615 bits per heavy atom. The molecule has 0 unspecified atom stereocenters. The van der Waals surface area contributed by atoms with Crippen molar-refractivity contribution in [1.29, 1.82) is 0 Å². The number of hydrogen-bond donors (Lipinski definition) is 2. The van der Waals surface area contributed by atoms with Crippen LogP contribution >= 0.6 is 0 Å². The molecular weight excluding hydrogens is 407 g/mol. The predicted octanol–water partition coefficient (Wildman–Crippen LogP) is -4.49. The molecule has 0 aliphatic carbocycles. The summed E-state index contributed by atoms with van der Waals surface area (Å²) in [5.41, 5.74) is 0. The van der Waals surface area contributed by atoms with Crippen molar-refractivity contribution >= 4 is 0 Å². The van der Waals surface area contributed by atoms with Gasteiger partial charge in [-0.15, -0.1) is 0 Å². The molecular formula is H8CoMo2N2O8. The predicted molar refractivity (Wildman–Crippen MR) is 14.7 cm³/mol. The Balaban J connectivity index is -0.0000000267. The van der Waals surface area contributed by atoms with E-state index in [-0.39, 0.29) is 29.1 Å². The summed E-state index contributed by atoms with van der Waals surface area (Å²) in [5, 5.41) is 0. The molecule has 0 amide bonds. The molecule has 0 saturated carbocycles. The van der Waals surface area contributed by atoms with Gasteiger partial charge in [0, 0.05) is 0 Å². The fourth-order valence-electron chi connectivity index (χ4n) is 0. The van der Waals surface area contributed by atoms with Crippen molar-refractivity contribution < 1.29 is 78.9 Å². The molecule has 0 saturated heterocycles. The van der Waals surface area contributed by atoms with Gasteiger partial charge in [0.05, 0.1) is 0 Å². The Morgan fingerprint density at radius 1 is 0.615 bits per heavy atom. The number of quaternary nitrogens is 2. The summed E-state index contributed by atoms with van der Waals surface area (Å²) in [5.74, 6) is 0. The molecule has 0 bridgehead atoms. The summed E-state index contributed by atoms with van der Waals surface area (Å²) < 4.78 is 69.0. The summed E-state index contributed by atoms with van der Waals surface area (Å²) in [6.45, 7) is 0. The van der Waals surface area contributed by atoms with E-state index in [9.17, 15) is 0 Å². The first-order valence-electron chi connectivity index (χ1n) is 1.33. The van der Waals surface area contributed by atoms with Gasteiger partial charge in [-0.3, -0.25) is 0 Å². The molecule has 10 nitrogen and oxygen atoms in total. The van der Waals surface area contributed by atoms with E-state index in [1.54, 1.807) is 0 Å². The van der Waals surface area contributed by atoms with E-state index < -0.39 is 33.5 Å². The van der Waals surface area contributed by atoms with Crippen LogP contribution in [-0.4, -0.2) is 0 Å². The SMILES string of the molecule is [Co+2].[NH4+].[NH4+].[O]=[Mo](=[O])([O-])[O-].[O]=[Mo](=[O])([O-])[O-]. The summed E-state index contributed by atoms with van der Waals surface area (Å²) in [7, 11) is 0. The molecule has 0 aromatic rings. The Hall–Kier alpha value is 0.843. The molecule has 0 spiro atoms. The van der Waals surface area contributed by atoms with E-state index in [1.165, 1.54) is 0 Å². The van der Waals surface area contributed by atoms with Crippen LogP contribution in [0.4, 0.5) is 0 Å². The second kappa shape index (κ2) is 10.9. The second-order valence-electron chi connectivity index (χ2n) is 0.816. The summed E-state index contributed by atoms with van der Waals surface area (Å²) >= 11 is -12.0. The molecule has 0 atom stereocenters. The molecule has 0 heterocycles. The first-order chi connectivity index (χ1) is 4.00. The Bertz CT molecular complexity index is 217. The van der Waals surface area contributed by atoms with Gasteiger partial charge in [-0.05, 0) is 0 Å². The zero-order valence-electron chi connectivity index (χ0n) is 6.42. The van der Waals surface area contributed by atoms with Gasteiger partial charge in [-0.1, -0.05) is 0 Å². The fraction of sp³-hybridized carbons (Fsp3) is 0. The quantitative estimate of drug-likeness (QED) is 0.365. The summed E-state index contributed by atoms with van der Waals surface area (Å²) in [4.78, 5) is 0. The van der Waals surface area contributed by atoms with E-state index in [0.717, 1.165) is 0 Å². The molecule has 1 radical (unpaired) electrons. The van der Waals surface area contributed by atoms with Gasteiger partial charge in [-0.25, -0.2) is 0 Å². The van der Waals surface area contributed by atoms with Gasteiger partial charge in [0.1, 0.15) is 0 Å². The normalized spacial score (nSPS) is 8.92. The first kappa shape index (κ1) is 29.2. The van der Waals surface area contributed by atoms with Crippen molar-refractivity contribution in [2.45, 2.75) is 0 Å². The third kappa shape index (κ3) is 2120. The molecule has 0 aromatic carbocycles. The third-order valence-electron chi connectivity index (χ3n) is 0. The van der Waals surface area contributed by atoms with Gasteiger partial charge in [0.15, 0.2) is 0 Å². The van der Waals surface area contributed by atoms with Crippen LogP contribution in [0.3, 0.4) is 0 Å². The zero-order chi connectivity index (χ0) is 9.00. The van der Waals surface area contributed by atoms with Crippen LogP contribution in [0.5, 0.6) is 0 Å². The number of rotatable bonds is 0. The Morgan fingerprint density at radius 3 is 0.615 bits per heavy atom. The molecule has 8 N–H and O–H groups in total. The molecule has 0 aromatic heterocycles. The van der Waals surface area contributed by atoms with Crippen molar-refractivity contribution in [3.05, 3.63) is 0 Å². The van der Waals surface area contributed by atoms with Crippen molar-refractivity contribution in [3.63, 3.8) is 0 Å².